The molecule has 0 bridgehead atoms. The van der Waals surface area contributed by atoms with Crippen LogP contribution < -0.4 is 10.1 Å². The molecule has 1 aromatic heterocycles. The summed E-state index contributed by atoms with van der Waals surface area (Å²) in [6.45, 7) is 5.69. The standard InChI is InChI=1S/C16H19BrN2O/c1-2-19-5-3-12(11-19)9-18-10-14-8-15(17)7-13-4-6-20-16(13)14/h3,5,7-8,11,18H,2,4,6,9-10H2,1H3. The first-order valence-electron chi connectivity index (χ1n) is 7.05. The molecule has 106 valence electrons. The van der Waals surface area contributed by atoms with E-state index in [2.05, 4.69) is 63.3 Å². The molecule has 0 atom stereocenters. The number of nitrogens with zero attached hydrogens (tertiary/aromatic N) is 1. The van der Waals surface area contributed by atoms with Gasteiger partial charge in [-0.25, -0.2) is 0 Å². The van der Waals surface area contributed by atoms with Crippen molar-refractivity contribution in [1.29, 1.82) is 0 Å². The Bertz CT molecular complexity index is 607. The van der Waals surface area contributed by atoms with E-state index in [-0.39, 0.29) is 0 Å². The first kappa shape index (κ1) is 13.7. The van der Waals surface area contributed by atoms with Gasteiger partial charge in [0.15, 0.2) is 0 Å². The number of aryl methyl sites for hydroxylation is 1. The van der Waals surface area contributed by atoms with Crippen molar-refractivity contribution < 1.29 is 4.74 Å². The summed E-state index contributed by atoms with van der Waals surface area (Å²) in [4.78, 5) is 0. The van der Waals surface area contributed by atoms with Crippen molar-refractivity contribution >= 4 is 15.9 Å². The van der Waals surface area contributed by atoms with Crippen molar-refractivity contribution in [3.63, 3.8) is 0 Å². The SMILES string of the molecule is CCn1ccc(CNCc2cc(Br)cc3c2OCC3)c1. The minimum atomic E-state index is 0.804. The molecule has 0 fully saturated rings. The number of fused-ring (bicyclic) bond motifs is 1. The summed E-state index contributed by atoms with van der Waals surface area (Å²) in [5.74, 6) is 1.08. The van der Waals surface area contributed by atoms with Crippen molar-refractivity contribution in [3.8, 4) is 5.75 Å². The van der Waals surface area contributed by atoms with E-state index in [9.17, 15) is 0 Å². The second-order valence-electron chi connectivity index (χ2n) is 5.11. The normalized spacial score (nSPS) is 13.3. The molecule has 0 unspecified atom stereocenters. The molecule has 1 aliphatic rings. The number of ether oxygens (including phenoxy) is 1. The van der Waals surface area contributed by atoms with Gasteiger partial charge in [0.05, 0.1) is 6.61 Å². The average molecular weight is 335 g/mol. The Morgan fingerprint density at radius 2 is 2.25 bits per heavy atom. The van der Waals surface area contributed by atoms with E-state index in [1.807, 2.05) is 0 Å². The van der Waals surface area contributed by atoms with Gasteiger partial charge in [0.1, 0.15) is 5.75 Å². The highest BCUT2D eigenvalue weighted by Gasteiger charge is 2.17. The van der Waals surface area contributed by atoms with Crippen LogP contribution in [-0.2, 0) is 26.1 Å². The molecule has 20 heavy (non-hydrogen) atoms. The fourth-order valence-corrected chi connectivity index (χ4v) is 3.16. The summed E-state index contributed by atoms with van der Waals surface area (Å²) in [6, 6.07) is 6.47. The second-order valence-corrected chi connectivity index (χ2v) is 6.02. The van der Waals surface area contributed by atoms with Crippen molar-refractivity contribution in [1.82, 2.24) is 9.88 Å². The summed E-state index contributed by atoms with van der Waals surface area (Å²) in [5.41, 5.74) is 3.87. The van der Waals surface area contributed by atoms with Gasteiger partial charge in [-0.1, -0.05) is 15.9 Å². The van der Waals surface area contributed by atoms with Crippen LogP contribution in [0.3, 0.4) is 0 Å². The highest BCUT2D eigenvalue weighted by atomic mass is 79.9. The number of rotatable bonds is 5. The Kier molecular flexibility index (Phi) is 4.13. The summed E-state index contributed by atoms with van der Waals surface area (Å²) in [6.07, 6.45) is 5.33. The maximum Gasteiger partial charge on any atom is 0.127 e. The Hall–Kier alpha value is -1.26. The highest BCUT2D eigenvalue weighted by molar-refractivity contribution is 9.10. The Morgan fingerprint density at radius 3 is 3.05 bits per heavy atom. The summed E-state index contributed by atoms with van der Waals surface area (Å²) in [7, 11) is 0. The van der Waals surface area contributed by atoms with Crippen molar-refractivity contribution in [2.45, 2.75) is 33.0 Å². The van der Waals surface area contributed by atoms with E-state index < -0.39 is 0 Å². The van der Waals surface area contributed by atoms with Crippen LogP contribution >= 0.6 is 15.9 Å². The van der Waals surface area contributed by atoms with Crippen LogP contribution in [0, 0.1) is 0 Å². The van der Waals surface area contributed by atoms with Gasteiger partial charge in [0.25, 0.3) is 0 Å². The lowest BCUT2D eigenvalue weighted by Gasteiger charge is -2.10. The van der Waals surface area contributed by atoms with Gasteiger partial charge in [0, 0.05) is 48.5 Å². The molecule has 1 aliphatic heterocycles. The molecule has 0 saturated carbocycles. The monoisotopic (exact) mass is 334 g/mol. The molecule has 0 radical (unpaired) electrons. The lowest BCUT2D eigenvalue weighted by atomic mass is 10.1. The minimum absolute atomic E-state index is 0.804. The molecular weight excluding hydrogens is 316 g/mol. The van der Waals surface area contributed by atoms with Crippen LogP contribution in [0.25, 0.3) is 0 Å². The third kappa shape index (κ3) is 2.91. The summed E-state index contributed by atoms with van der Waals surface area (Å²) < 4.78 is 9.07. The molecule has 3 nitrogen and oxygen atoms in total. The predicted octanol–water partition coefficient (Wildman–Crippen LogP) is 3.50. The van der Waals surface area contributed by atoms with Crippen LogP contribution in [0.2, 0.25) is 0 Å². The lowest BCUT2D eigenvalue weighted by Crippen LogP contribution is -2.13. The molecule has 0 saturated heterocycles. The third-order valence-electron chi connectivity index (χ3n) is 3.65. The van der Waals surface area contributed by atoms with Crippen molar-refractivity contribution in [3.05, 3.63) is 51.8 Å². The van der Waals surface area contributed by atoms with Gasteiger partial charge >= 0.3 is 0 Å². The van der Waals surface area contributed by atoms with Gasteiger partial charge in [-0.15, -0.1) is 0 Å². The van der Waals surface area contributed by atoms with Gasteiger partial charge in [-0.05, 0) is 36.2 Å². The minimum Gasteiger partial charge on any atom is -0.493 e. The van der Waals surface area contributed by atoms with Gasteiger partial charge in [-0.3, -0.25) is 0 Å². The zero-order valence-electron chi connectivity index (χ0n) is 11.7. The summed E-state index contributed by atoms with van der Waals surface area (Å²) in [5, 5.41) is 3.50. The molecule has 3 rings (SSSR count). The van der Waals surface area contributed by atoms with E-state index in [0.29, 0.717) is 0 Å². The topological polar surface area (TPSA) is 26.2 Å². The van der Waals surface area contributed by atoms with Crippen molar-refractivity contribution in [2.75, 3.05) is 6.61 Å². The first-order valence-corrected chi connectivity index (χ1v) is 7.85. The molecule has 0 amide bonds. The Morgan fingerprint density at radius 1 is 1.35 bits per heavy atom. The molecule has 0 spiro atoms. The molecule has 0 aliphatic carbocycles. The van der Waals surface area contributed by atoms with Crippen LogP contribution in [0.4, 0.5) is 0 Å². The second kappa shape index (κ2) is 6.02. The Balaban J connectivity index is 1.64. The summed E-state index contributed by atoms with van der Waals surface area (Å²) >= 11 is 3.58. The fraction of sp³-hybridized carbons (Fsp3) is 0.375. The Labute approximate surface area is 128 Å². The van der Waals surface area contributed by atoms with Crippen LogP contribution in [0.15, 0.2) is 35.1 Å². The number of aromatic nitrogens is 1. The van der Waals surface area contributed by atoms with Gasteiger partial charge < -0.3 is 14.6 Å². The quantitative estimate of drug-likeness (QED) is 0.905. The van der Waals surface area contributed by atoms with Crippen LogP contribution in [0.5, 0.6) is 5.75 Å². The van der Waals surface area contributed by atoms with Crippen LogP contribution in [-0.4, -0.2) is 11.2 Å². The number of halogens is 1. The maximum atomic E-state index is 5.74. The fourth-order valence-electron chi connectivity index (χ4n) is 2.61. The van der Waals surface area contributed by atoms with Gasteiger partial charge in [-0.2, -0.15) is 0 Å². The highest BCUT2D eigenvalue weighted by Crippen LogP contribution is 2.32. The van der Waals surface area contributed by atoms with E-state index in [0.717, 1.165) is 42.9 Å². The lowest BCUT2D eigenvalue weighted by molar-refractivity contribution is 0.352. The predicted molar refractivity (Wildman–Crippen MR) is 84.0 cm³/mol. The van der Waals surface area contributed by atoms with E-state index in [1.165, 1.54) is 16.7 Å². The molecule has 1 aromatic carbocycles. The van der Waals surface area contributed by atoms with Gasteiger partial charge in [0.2, 0.25) is 0 Å². The smallest absolute Gasteiger partial charge is 0.127 e. The molecule has 2 aromatic rings. The largest absolute Gasteiger partial charge is 0.493 e. The zero-order chi connectivity index (χ0) is 13.9. The van der Waals surface area contributed by atoms with E-state index >= 15 is 0 Å². The number of benzene rings is 1. The zero-order valence-corrected chi connectivity index (χ0v) is 13.2. The maximum absolute atomic E-state index is 5.74. The van der Waals surface area contributed by atoms with Crippen LogP contribution in [0.1, 0.15) is 23.6 Å². The van der Waals surface area contributed by atoms with E-state index in [4.69, 9.17) is 4.74 Å². The molecule has 4 heteroatoms. The number of nitrogens with one attached hydrogen (secondary N) is 1. The average Bonchev–Trinajstić information content (AvgIpc) is 3.06. The third-order valence-corrected chi connectivity index (χ3v) is 4.10. The molecule has 1 N–H and O–H groups in total. The molecule has 2 heterocycles. The number of hydrogen-bond donors (Lipinski definition) is 1. The molecular formula is C16H19BrN2O. The van der Waals surface area contributed by atoms with E-state index in [1.54, 1.807) is 0 Å². The number of hydrogen-bond acceptors (Lipinski definition) is 2. The van der Waals surface area contributed by atoms with Crippen molar-refractivity contribution in [2.24, 2.45) is 0 Å². The first-order chi connectivity index (χ1) is 9.76.